The van der Waals surface area contributed by atoms with Crippen molar-refractivity contribution in [1.82, 2.24) is 0 Å². The summed E-state index contributed by atoms with van der Waals surface area (Å²) < 4.78 is 32.0. The molecule has 2 atom stereocenters. The van der Waals surface area contributed by atoms with Crippen LogP contribution in [0.15, 0.2) is 48.5 Å². The maximum Gasteiger partial charge on any atom is 0.250 e. The molecule has 0 bridgehead atoms. The van der Waals surface area contributed by atoms with Gasteiger partial charge in [0.25, 0.3) is 0 Å². The Labute approximate surface area is 165 Å². The van der Waals surface area contributed by atoms with Gasteiger partial charge in [-0.15, -0.1) is 0 Å². The average Bonchev–Trinajstić information content (AvgIpc) is 3.33. The summed E-state index contributed by atoms with van der Waals surface area (Å²) in [5.41, 5.74) is 2.23. The number of carbonyl (C=O) groups is 1. The Hall–Kier alpha value is -2.54. The van der Waals surface area contributed by atoms with Gasteiger partial charge in [-0.25, -0.2) is 8.42 Å². The zero-order valence-corrected chi connectivity index (χ0v) is 17.0. The molecule has 2 fully saturated rings. The minimum atomic E-state index is -3.77. The highest BCUT2D eigenvalue weighted by Crippen LogP contribution is 2.58. The lowest BCUT2D eigenvalue weighted by Crippen LogP contribution is -2.42. The molecule has 1 aliphatic carbocycles. The molecule has 1 saturated heterocycles. The fourth-order valence-electron chi connectivity index (χ4n) is 3.81. The number of aryl methyl sites for hydroxylation is 1. The number of amides is 1. The predicted molar refractivity (Wildman–Crippen MR) is 109 cm³/mol. The number of nitrogens with zero attached hydrogens (tertiary/aromatic N) is 1. The van der Waals surface area contributed by atoms with Gasteiger partial charge in [-0.3, -0.25) is 9.10 Å². The third-order valence-corrected chi connectivity index (χ3v) is 7.92. The first kappa shape index (κ1) is 18.8. The maximum atomic E-state index is 13.2. The number of fused-ring (bicyclic) bond motifs is 1. The molecule has 1 heterocycles. The predicted octanol–water partition coefficient (Wildman–Crippen LogP) is 3.33. The number of rotatable bonds is 5. The van der Waals surface area contributed by atoms with Gasteiger partial charge in [-0.2, -0.15) is 0 Å². The summed E-state index contributed by atoms with van der Waals surface area (Å²) in [5.74, 6) is 0.0708. The molecule has 0 unspecified atom stereocenters. The standard InChI is InChI=1S/C21H24N2O4S/c1-14(2)27-19-10-6-17(7-11-19)22-20(24)21-12-16(21)13-23(28(21,25)26)18-8-4-15(3)5-9-18/h4-11,14,16H,12-13H2,1-3H3,(H,22,24)/t16-,21+/m1/s1. The molecule has 2 aromatic carbocycles. The normalized spacial score (nSPS) is 24.7. The second kappa shape index (κ2) is 6.51. The summed E-state index contributed by atoms with van der Waals surface area (Å²) in [6.45, 7) is 6.17. The van der Waals surface area contributed by atoms with Crippen LogP contribution < -0.4 is 14.4 Å². The van der Waals surface area contributed by atoms with Gasteiger partial charge in [-0.1, -0.05) is 17.7 Å². The molecular formula is C21H24N2O4S. The molecule has 1 saturated carbocycles. The van der Waals surface area contributed by atoms with E-state index in [1.54, 1.807) is 36.4 Å². The smallest absolute Gasteiger partial charge is 0.250 e. The average molecular weight is 401 g/mol. The van der Waals surface area contributed by atoms with Crippen LogP contribution in [0, 0.1) is 12.8 Å². The largest absolute Gasteiger partial charge is 0.491 e. The summed E-state index contributed by atoms with van der Waals surface area (Å²) in [4.78, 5) is 12.9. The number of hydrogen-bond donors (Lipinski definition) is 1. The van der Waals surface area contributed by atoms with Gasteiger partial charge in [0, 0.05) is 18.2 Å². The third kappa shape index (κ3) is 2.94. The number of carbonyl (C=O) groups excluding carboxylic acids is 1. The van der Waals surface area contributed by atoms with Crippen molar-refractivity contribution in [1.29, 1.82) is 0 Å². The molecule has 0 radical (unpaired) electrons. The van der Waals surface area contributed by atoms with Crippen LogP contribution in [-0.4, -0.2) is 31.7 Å². The van der Waals surface area contributed by atoms with Gasteiger partial charge in [0.2, 0.25) is 15.9 Å². The van der Waals surface area contributed by atoms with E-state index in [0.717, 1.165) is 5.56 Å². The van der Waals surface area contributed by atoms with E-state index in [-0.39, 0.29) is 12.0 Å². The first-order chi connectivity index (χ1) is 13.2. The highest BCUT2D eigenvalue weighted by Gasteiger charge is 2.75. The minimum Gasteiger partial charge on any atom is -0.491 e. The van der Waals surface area contributed by atoms with Crippen molar-refractivity contribution in [2.75, 3.05) is 16.2 Å². The van der Waals surface area contributed by atoms with Crippen molar-refractivity contribution in [2.45, 2.75) is 38.0 Å². The minimum absolute atomic E-state index is 0.0583. The van der Waals surface area contributed by atoms with Crippen LogP contribution in [0.4, 0.5) is 11.4 Å². The first-order valence-electron chi connectivity index (χ1n) is 9.41. The van der Waals surface area contributed by atoms with Crippen molar-refractivity contribution in [3.63, 3.8) is 0 Å². The van der Waals surface area contributed by atoms with E-state index < -0.39 is 20.7 Å². The topological polar surface area (TPSA) is 75.7 Å². The Bertz CT molecular complexity index is 1000. The van der Waals surface area contributed by atoms with E-state index in [1.807, 2.05) is 32.9 Å². The Morgan fingerprint density at radius 2 is 1.79 bits per heavy atom. The fourth-order valence-corrected chi connectivity index (χ4v) is 6.17. The molecule has 0 spiro atoms. The van der Waals surface area contributed by atoms with E-state index in [4.69, 9.17) is 4.74 Å². The van der Waals surface area contributed by atoms with Crippen molar-refractivity contribution in [3.8, 4) is 5.75 Å². The third-order valence-electron chi connectivity index (χ3n) is 5.38. The zero-order chi connectivity index (χ0) is 20.1. The summed E-state index contributed by atoms with van der Waals surface area (Å²) >= 11 is 0. The quantitative estimate of drug-likeness (QED) is 0.835. The molecule has 2 aromatic rings. The number of nitrogens with one attached hydrogen (secondary N) is 1. The monoisotopic (exact) mass is 400 g/mol. The number of anilines is 2. The van der Waals surface area contributed by atoms with Gasteiger partial charge >= 0.3 is 0 Å². The SMILES string of the molecule is Cc1ccc(N2C[C@H]3C[C@]3(C(=O)Nc3ccc(OC(C)C)cc3)S2(=O)=O)cc1. The summed E-state index contributed by atoms with van der Waals surface area (Å²) in [5, 5.41) is 2.78. The number of benzene rings is 2. The highest BCUT2D eigenvalue weighted by atomic mass is 32.2. The molecule has 7 heteroatoms. The van der Waals surface area contributed by atoms with E-state index in [0.29, 0.717) is 30.1 Å². The Morgan fingerprint density at radius 3 is 2.39 bits per heavy atom. The van der Waals surface area contributed by atoms with Gasteiger partial charge in [0.1, 0.15) is 5.75 Å². The number of ether oxygens (including phenoxy) is 1. The van der Waals surface area contributed by atoms with Crippen molar-refractivity contribution in [2.24, 2.45) is 5.92 Å². The number of hydrogen-bond acceptors (Lipinski definition) is 4. The van der Waals surface area contributed by atoms with E-state index in [1.165, 1.54) is 4.31 Å². The molecular weight excluding hydrogens is 376 g/mol. The van der Waals surface area contributed by atoms with Crippen LogP contribution in [0.25, 0.3) is 0 Å². The van der Waals surface area contributed by atoms with Crippen LogP contribution in [0.2, 0.25) is 0 Å². The summed E-state index contributed by atoms with van der Waals surface area (Å²) in [6.07, 6.45) is 0.431. The lowest BCUT2D eigenvalue weighted by Gasteiger charge is -2.23. The molecule has 2 aliphatic rings. The molecule has 0 aromatic heterocycles. The van der Waals surface area contributed by atoms with Crippen LogP contribution in [0.1, 0.15) is 25.8 Å². The molecule has 4 rings (SSSR count). The van der Waals surface area contributed by atoms with Crippen molar-refractivity contribution < 1.29 is 17.9 Å². The Morgan fingerprint density at radius 1 is 1.14 bits per heavy atom. The molecule has 28 heavy (non-hydrogen) atoms. The summed E-state index contributed by atoms with van der Waals surface area (Å²) in [6, 6.07) is 14.3. The number of sulfonamides is 1. The second-order valence-electron chi connectivity index (χ2n) is 7.81. The maximum absolute atomic E-state index is 13.2. The molecule has 148 valence electrons. The van der Waals surface area contributed by atoms with E-state index in [9.17, 15) is 13.2 Å². The van der Waals surface area contributed by atoms with Gasteiger partial charge < -0.3 is 10.1 Å². The van der Waals surface area contributed by atoms with Gasteiger partial charge in [0.15, 0.2) is 4.75 Å². The van der Waals surface area contributed by atoms with Crippen LogP contribution in [-0.2, 0) is 14.8 Å². The summed E-state index contributed by atoms with van der Waals surface area (Å²) in [7, 11) is -3.77. The van der Waals surface area contributed by atoms with Crippen LogP contribution in [0.5, 0.6) is 5.75 Å². The fraction of sp³-hybridized carbons (Fsp3) is 0.381. The molecule has 6 nitrogen and oxygen atoms in total. The lowest BCUT2D eigenvalue weighted by atomic mass is 10.2. The van der Waals surface area contributed by atoms with E-state index >= 15 is 0 Å². The van der Waals surface area contributed by atoms with Crippen molar-refractivity contribution in [3.05, 3.63) is 54.1 Å². The van der Waals surface area contributed by atoms with Gasteiger partial charge in [0.05, 0.1) is 11.8 Å². The second-order valence-corrected chi connectivity index (χ2v) is 9.93. The Kier molecular flexibility index (Phi) is 4.38. The van der Waals surface area contributed by atoms with Gasteiger partial charge in [-0.05, 0) is 63.6 Å². The zero-order valence-electron chi connectivity index (χ0n) is 16.2. The van der Waals surface area contributed by atoms with E-state index in [2.05, 4.69) is 5.32 Å². The highest BCUT2D eigenvalue weighted by molar-refractivity contribution is 7.95. The molecule has 1 aliphatic heterocycles. The van der Waals surface area contributed by atoms with Crippen LogP contribution >= 0.6 is 0 Å². The van der Waals surface area contributed by atoms with Crippen molar-refractivity contribution >= 4 is 27.3 Å². The van der Waals surface area contributed by atoms with Crippen LogP contribution in [0.3, 0.4) is 0 Å². The lowest BCUT2D eigenvalue weighted by molar-refractivity contribution is -0.116. The molecule has 1 amide bonds. The molecule has 1 N–H and O–H groups in total. The first-order valence-corrected chi connectivity index (χ1v) is 10.9. The Balaban J connectivity index is 1.53.